The van der Waals surface area contributed by atoms with Gasteiger partial charge >= 0.3 is 0 Å². The predicted molar refractivity (Wildman–Crippen MR) is 106 cm³/mol. The van der Waals surface area contributed by atoms with Gasteiger partial charge in [-0.25, -0.2) is 0 Å². The summed E-state index contributed by atoms with van der Waals surface area (Å²) in [5, 5.41) is 6.60. The molecule has 0 spiro atoms. The lowest BCUT2D eigenvalue weighted by Gasteiger charge is -2.22. The van der Waals surface area contributed by atoms with E-state index in [0.717, 1.165) is 51.2 Å². The van der Waals surface area contributed by atoms with Gasteiger partial charge in [0.25, 0.3) is 0 Å². The molecule has 2 aliphatic carbocycles. The zero-order valence-corrected chi connectivity index (χ0v) is 16.8. The van der Waals surface area contributed by atoms with Gasteiger partial charge in [0.1, 0.15) is 0 Å². The van der Waals surface area contributed by atoms with Gasteiger partial charge in [-0.2, -0.15) is 0 Å². The van der Waals surface area contributed by atoms with Crippen molar-refractivity contribution in [3.05, 3.63) is 0 Å². The molecule has 2 saturated carbocycles. The molecular formula is C17H34IN3O2. The molecule has 0 aromatic heterocycles. The van der Waals surface area contributed by atoms with E-state index in [4.69, 9.17) is 9.47 Å². The summed E-state index contributed by atoms with van der Waals surface area (Å²) in [6, 6.07) is 0. The minimum Gasteiger partial charge on any atom is -0.379 e. The maximum atomic E-state index is 5.92. The van der Waals surface area contributed by atoms with E-state index in [1.807, 2.05) is 0 Å². The molecule has 2 rings (SSSR count). The number of nitrogens with zero attached hydrogens (tertiary/aromatic N) is 1. The third kappa shape index (κ3) is 10.4. The van der Waals surface area contributed by atoms with Gasteiger partial charge in [0, 0.05) is 33.4 Å². The second-order valence-electron chi connectivity index (χ2n) is 6.43. The van der Waals surface area contributed by atoms with E-state index in [1.165, 1.54) is 44.9 Å². The van der Waals surface area contributed by atoms with E-state index in [9.17, 15) is 0 Å². The lowest BCUT2D eigenvalue weighted by atomic mass is 9.98. The van der Waals surface area contributed by atoms with Crippen molar-refractivity contribution in [3.8, 4) is 0 Å². The molecule has 2 aliphatic rings. The van der Waals surface area contributed by atoms with Crippen LogP contribution in [0.3, 0.4) is 0 Å². The van der Waals surface area contributed by atoms with Crippen LogP contribution in [0.15, 0.2) is 4.99 Å². The second kappa shape index (κ2) is 13.2. The summed E-state index contributed by atoms with van der Waals surface area (Å²) >= 11 is 0. The number of ether oxygens (including phenoxy) is 2. The lowest BCUT2D eigenvalue weighted by molar-refractivity contribution is 0.0277. The van der Waals surface area contributed by atoms with Crippen molar-refractivity contribution in [2.75, 3.05) is 40.0 Å². The molecule has 6 heteroatoms. The fraction of sp³-hybridized carbons (Fsp3) is 0.941. The van der Waals surface area contributed by atoms with Crippen LogP contribution in [0.25, 0.3) is 0 Å². The summed E-state index contributed by atoms with van der Waals surface area (Å²) in [4.78, 5) is 4.22. The van der Waals surface area contributed by atoms with Crippen molar-refractivity contribution in [1.82, 2.24) is 10.6 Å². The fourth-order valence-corrected chi connectivity index (χ4v) is 2.76. The van der Waals surface area contributed by atoms with Crippen LogP contribution < -0.4 is 10.6 Å². The van der Waals surface area contributed by atoms with E-state index in [0.29, 0.717) is 6.10 Å². The van der Waals surface area contributed by atoms with Crippen LogP contribution in [-0.2, 0) is 9.47 Å². The topological polar surface area (TPSA) is 54.9 Å². The summed E-state index contributed by atoms with van der Waals surface area (Å²) in [5.41, 5.74) is 0. The average Bonchev–Trinajstić information content (AvgIpc) is 3.37. The largest absolute Gasteiger partial charge is 0.379 e. The van der Waals surface area contributed by atoms with E-state index in [2.05, 4.69) is 15.6 Å². The van der Waals surface area contributed by atoms with Gasteiger partial charge in [0.05, 0.1) is 12.7 Å². The van der Waals surface area contributed by atoms with Gasteiger partial charge in [-0.05, 0) is 38.0 Å². The highest BCUT2D eigenvalue weighted by Gasteiger charge is 2.20. The SMILES string of the molecule is CN=C(NCCCOC1CCCCC1)NCCOCC1CC1.I. The van der Waals surface area contributed by atoms with E-state index in [-0.39, 0.29) is 24.0 Å². The molecule has 0 amide bonds. The van der Waals surface area contributed by atoms with E-state index in [1.54, 1.807) is 7.05 Å². The molecule has 2 fully saturated rings. The number of guanidine groups is 1. The zero-order chi connectivity index (χ0) is 15.5. The molecule has 0 heterocycles. The number of hydrogen-bond acceptors (Lipinski definition) is 3. The summed E-state index contributed by atoms with van der Waals surface area (Å²) < 4.78 is 11.5. The first-order valence-electron chi connectivity index (χ1n) is 9.02. The first-order valence-corrected chi connectivity index (χ1v) is 9.02. The average molecular weight is 439 g/mol. The second-order valence-corrected chi connectivity index (χ2v) is 6.43. The summed E-state index contributed by atoms with van der Waals surface area (Å²) in [6.45, 7) is 4.23. The van der Waals surface area contributed by atoms with Crippen molar-refractivity contribution in [2.24, 2.45) is 10.9 Å². The molecule has 0 aromatic carbocycles. The summed E-state index contributed by atoms with van der Waals surface area (Å²) in [6.07, 6.45) is 10.8. The Morgan fingerprint density at radius 2 is 1.74 bits per heavy atom. The molecule has 23 heavy (non-hydrogen) atoms. The van der Waals surface area contributed by atoms with Gasteiger partial charge in [0.15, 0.2) is 5.96 Å². The van der Waals surface area contributed by atoms with Crippen LogP contribution in [0.1, 0.15) is 51.4 Å². The standard InChI is InChI=1S/C17H33N3O2.HI/c1-18-17(20-11-13-21-14-15-8-9-15)19-10-5-12-22-16-6-3-2-4-7-16;/h15-16H,2-14H2,1H3,(H2,18,19,20);1H. The van der Waals surface area contributed by atoms with Crippen molar-refractivity contribution in [1.29, 1.82) is 0 Å². The highest BCUT2D eigenvalue weighted by atomic mass is 127. The number of halogens is 1. The minimum atomic E-state index is 0. The molecule has 136 valence electrons. The van der Waals surface area contributed by atoms with Crippen LogP contribution in [0.2, 0.25) is 0 Å². The van der Waals surface area contributed by atoms with Gasteiger partial charge < -0.3 is 20.1 Å². The minimum absolute atomic E-state index is 0. The van der Waals surface area contributed by atoms with Gasteiger partial charge in [-0.3, -0.25) is 4.99 Å². The maximum absolute atomic E-state index is 5.92. The van der Waals surface area contributed by atoms with E-state index >= 15 is 0 Å². The molecule has 0 aromatic rings. The Bertz CT molecular complexity index is 319. The van der Waals surface area contributed by atoms with Crippen LogP contribution >= 0.6 is 24.0 Å². The molecule has 0 bridgehead atoms. The third-order valence-electron chi connectivity index (χ3n) is 4.33. The van der Waals surface area contributed by atoms with E-state index < -0.39 is 0 Å². The molecule has 2 N–H and O–H groups in total. The van der Waals surface area contributed by atoms with Crippen molar-refractivity contribution < 1.29 is 9.47 Å². The van der Waals surface area contributed by atoms with Crippen LogP contribution in [0, 0.1) is 5.92 Å². The Kier molecular flexibility index (Phi) is 12.1. The normalized spacial score (nSPS) is 19.3. The number of rotatable bonds is 10. The Labute approximate surface area is 158 Å². The maximum Gasteiger partial charge on any atom is 0.191 e. The Morgan fingerprint density at radius 1 is 1.00 bits per heavy atom. The number of nitrogens with one attached hydrogen (secondary N) is 2. The molecule has 0 unspecified atom stereocenters. The van der Waals surface area contributed by atoms with Crippen LogP contribution in [0.5, 0.6) is 0 Å². The Hall–Kier alpha value is -0.0800. The van der Waals surface area contributed by atoms with Gasteiger partial charge in [0.2, 0.25) is 0 Å². The van der Waals surface area contributed by atoms with Gasteiger partial charge in [-0.1, -0.05) is 19.3 Å². The number of aliphatic imine (C=N–C) groups is 1. The van der Waals surface area contributed by atoms with Crippen molar-refractivity contribution in [2.45, 2.75) is 57.5 Å². The molecule has 5 nitrogen and oxygen atoms in total. The fourth-order valence-electron chi connectivity index (χ4n) is 2.76. The first-order chi connectivity index (χ1) is 10.9. The quantitative estimate of drug-likeness (QED) is 0.238. The molecule has 0 radical (unpaired) electrons. The molecular weight excluding hydrogens is 405 g/mol. The van der Waals surface area contributed by atoms with Crippen molar-refractivity contribution in [3.63, 3.8) is 0 Å². The van der Waals surface area contributed by atoms with Crippen LogP contribution in [-0.4, -0.2) is 52.0 Å². The Morgan fingerprint density at radius 3 is 2.43 bits per heavy atom. The number of hydrogen-bond donors (Lipinski definition) is 2. The lowest BCUT2D eigenvalue weighted by Crippen LogP contribution is -2.39. The first kappa shape index (κ1) is 21.0. The molecule has 0 aliphatic heterocycles. The van der Waals surface area contributed by atoms with Crippen molar-refractivity contribution >= 4 is 29.9 Å². The van der Waals surface area contributed by atoms with Crippen LogP contribution in [0.4, 0.5) is 0 Å². The van der Waals surface area contributed by atoms with Gasteiger partial charge in [-0.15, -0.1) is 24.0 Å². The zero-order valence-electron chi connectivity index (χ0n) is 14.5. The Balaban J connectivity index is 0.00000264. The highest BCUT2D eigenvalue weighted by molar-refractivity contribution is 14.0. The summed E-state index contributed by atoms with van der Waals surface area (Å²) in [5.74, 6) is 1.69. The molecule has 0 atom stereocenters. The third-order valence-corrected chi connectivity index (χ3v) is 4.33. The predicted octanol–water partition coefficient (Wildman–Crippen LogP) is 2.94. The summed E-state index contributed by atoms with van der Waals surface area (Å²) in [7, 11) is 1.80. The monoisotopic (exact) mass is 439 g/mol. The smallest absolute Gasteiger partial charge is 0.191 e. The highest BCUT2D eigenvalue weighted by Crippen LogP contribution is 2.28. The molecule has 0 saturated heterocycles.